The van der Waals surface area contributed by atoms with Gasteiger partial charge in [0, 0.05) is 34.2 Å². The van der Waals surface area contributed by atoms with Gasteiger partial charge in [0.25, 0.3) is 0 Å². The third-order valence-corrected chi connectivity index (χ3v) is 7.66. The Morgan fingerprint density at radius 2 is 1.47 bits per heavy atom. The first-order chi connectivity index (χ1) is 24.2. The normalized spacial score (nSPS) is 19.9. The molecular weight excluding hydrogens is 672 g/mol. The van der Waals surface area contributed by atoms with Gasteiger partial charge in [0.1, 0.15) is 42.2 Å². The average Bonchev–Trinajstić information content (AvgIpc) is 3.04. The number of nitrogens with zero attached hydrogens (tertiary/aromatic N) is 1. The number of hydrogen-bond donors (Lipinski definition) is 2. The molecule has 1 amide bonds. The highest BCUT2D eigenvalue weighted by Crippen LogP contribution is 2.43. The zero-order valence-corrected chi connectivity index (χ0v) is 29.0. The molecule has 5 atom stereocenters. The summed E-state index contributed by atoms with van der Waals surface area (Å²) in [6, 6.07) is 8.69. The van der Waals surface area contributed by atoms with Crippen LogP contribution in [0.1, 0.15) is 45.8 Å². The minimum atomic E-state index is -1.55. The van der Waals surface area contributed by atoms with Gasteiger partial charge in [0.05, 0.1) is 16.5 Å². The molecule has 0 saturated carbocycles. The van der Waals surface area contributed by atoms with E-state index in [0.717, 1.165) is 46.9 Å². The molecular formula is C35H40N2O14. The predicted molar refractivity (Wildman–Crippen MR) is 178 cm³/mol. The second-order valence-corrected chi connectivity index (χ2v) is 12.0. The minimum Gasteiger partial charge on any atom is -0.507 e. The van der Waals surface area contributed by atoms with E-state index in [1.807, 2.05) is 19.0 Å². The molecule has 4 rings (SSSR count). The van der Waals surface area contributed by atoms with Gasteiger partial charge in [-0.1, -0.05) is 12.1 Å². The number of aromatic hydroxyl groups is 1. The molecule has 1 aromatic heterocycles. The van der Waals surface area contributed by atoms with Crippen LogP contribution in [0.5, 0.6) is 11.5 Å². The molecule has 51 heavy (non-hydrogen) atoms. The summed E-state index contributed by atoms with van der Waals surface area (Å²) in [6.45, 7) is 5.13. The first-order valence-corrected chi connectivity index (χ1v) is 15.9. The number of benzene rings is 2. The van der Waals surface area contributed by atoms with Crippen LogP contribution in [0.25, 0.3) is 22.1 Å². The molecule has 1 aliphatic heterocycles. The van der Waals surface area contributed by atoms with Crippen LogP contribution in [0.3, 0.4) is 0 Å². The Morgan fingerprint density at radius 1 is 0.843 bits per heavy atom. The second-order valence-electron chi connectivity index (χ2n) is 12.0. The highest BCUT2D eigenvalue weighted by Gasteiger charge is 2.53. The lowest BCUT2D eigenvalue weighted by Gasteiger charge is -2.44. The number of hydrogen-bond acceptors (Lipinski definition) is 15. The van der Waals surface area contributed by atoms with Gasteiger partial charge >= 0.3 is 30.0 Å². The number of rotatable bonds is 12. The van der Waals surface area contributed by atoms with Crippen molar-refractivity contribution in [2.75, 3.05) is 33.8 Å². The number of amides is 1. The Morgan fingerprint density at radius 3 is 2.08 bits per heavy atom. The molecule has 1 fully saturated rings. The van der Waals surface area contributed by atoms with Crippen molar-refractivity contribution in [1.29, 1.82) is 0 Å². The average molecular weight is 713 g/mol. The van der Waals surface area contributed by atoms with Crippen LogP contribution < -0.4 is 15.5 Å². The van der Waals surface area contributed by atoms with Crippen LogP contribution in [-0.4, -0.2) is 98.2 Å². The van der Waals surface area contributed by atoms with Gasteiger partial charge in [0.15, 0.2) is 18.3 Å². The molecule has 274 valence electrons. The number of carbonyl (C=O) groups is 5. The van der Waals surface area contributed by atoms with E-state index in [1.54, 1.807) is 12.1 Å². The third-order valence-electron chi connectivity index (χ3n) is 7.66. The van der Waals surface area contributed by atoms with Crippen molar-refractivity contribution in [1.82, 2.24) is 10.2 Å². The van der Waals surface area contributed by atoms with Gasteiger partial charge in [-0.15, -0.1) is 0 Å². The van der Waals surface area contributed by atoms with Crippen LogP contribution >= 0.6 is 0 Å². The van der Waals surface area contributed by atoms with E-state index in [0.29, 0.717) is 12.1 Å². The molecule has 16 heteroatoms. The topological polar surface area (TPSA) is 206 Å². The standard InChI is InChI=1S/C35H40N2O14/c1-18(38)45-17-27-31(47-19(2)39)33(48-20(3)40)34(49-21(4)41)32(51-27)28-26(42)13-12-24-29(43)25(16-46-30(24)28)22-8-10-23(11-9-22)50-35(44)36-14-7-15-37(5)6/h8-13,16,27,31-34,42H,7,14-15,17H2,1-6H3,(H,36,44)/t27-,31-,32+,33+,34+/m1/s1. The highest BCUT2D eigenvalue weighted by atomic mass is 16.7. The number of nitrogens with one attached hydrogen (secondary N) is 1. The molecule has 0 radical (unpaired) electrons. The van der Waals surface area contributed by atoms with Crippen molar-refractivity contribution in [3.63, 3.8) is 0 Å². The van der Waals surface area contributed by atoms with Crippen LogP contribution in [0.15, 0.2) is 51.9 Å². The summed E-state index contributed by atoms with van der Waals surface area (Å²) >= 11 is 0. The van der Waals surface area contributed by atoms with E-state index >= 15 is 0 Å². The largest absolute Gasteiger partial charge is 0.507 e. The number of ether oxygens (including phenoxy) is 6. The van der Waals surface area contributed by atoms with E-state index < -0.39 is 78.3 Å². The Balaban J connectivity index is 1.73. The van der Waals surface area contributed by atoms with E-state index in [1.165, 1.54) is 24.3 Å². The third kappa shape index (κ3) is 9.82. The quantitative estimate of drug-likeness (QED) is 0.157. The van der Waals surface area contributed by atoms with Crippen molar-refractivity contribution in [3.8, 4) is 22.6 Å². The fourth-order valence-electron chi connectivity index (χ4n) is 5.58. The van der Waals surface area contributed by atoms with Crippen LogP contribution in [-0.2, 0) is 42.9 Å². The number of phenols is 1. The fraction of sp³-hybridized carbons (Fsp3) is 0.429. The molecule has 0 aliphatic carbocycles. The van der Waals surface area contributed by atoms with Crippen molar-refractivity contribution in [3.05, 3.63) is 58.4 Å². The van der Waals surface area contributed by atoms with Gasteiger partial charge in [0.2, 0.25) is 5.43 Å². The zero-order chi connectivity index (χ0) is 37.4. The smallest absolute Gasteiger partial charge is 0.412 e. The van der Waals surface area contributed by atoms with Crippen molar-refractivity contribution in [2.45, 2.75) is 64.6 Å². The summed E-state index contributed by atoms with van der Waals surface area (Å²) in [5, 5.41) is 13.8. The number of fused-ring (bicyclic) bond motifs is 1. The molecule has 16 nitrogen and oxygen atoms in total. The molecule has 2 heterocycles. The molecule has 0 spiro atoms. The van der Waals surface area contributed by atoms with E-state index in [-0.39, 0.29) is 27.8 Å². The Bertz CT molecular complexity index is 1820. The second kappa shape index (κ2) is 17.0. The Kier molecular flexibility index (Phi) is 12.7. The SMILES string of the molecule is CC(=O)OC[C@H]1O[C@@H](c2c(O)ccc3c(=O)c(-c4ccc(OC(=O)NCCCN(C)C)cc4)coc23)[C@H](OC(C)=O)[C@@H](OC(C)=O)[C@@H]1OC(C)=O. The van der Waals surface area contributed by atoms with Gasteiger partial charge in [-0.25, -0.2) is 4.79 Å². The Labute approximate surface area is 292 Å². The molecule has 1 saturated heterocycles. The monoisotopic (exact) mass is 712 g/mol. The fourth-order valence-corrected chi connectivity index (χ4v) is 5.58. The summed E-state index contributed by atoms with van der Waals surface area (Å²) in [5.74, 6) is -3.39. The molecule has 1 aliphatic rings. The van der Waals surface area contributed by atoms with Crippen molar-refractivity contribution < 1.29 is 61.9 Å². The lowest BCUT2D eigenvalue weighted by molar-refractivity contribution is -0.254. The summed E-state index contributed by atoms with van der Waals surface area (Å²) in [5.41, 5.74) is -0.286. The maximum atomic E-state index is 13.9. The summed E-state index contributed by atoms with van der Waals surface area (Å²) in [7, 11) is 3.86. The van der Waals surface area contributed by atoms with E-state index in [9.17, 15) is 33.9 Å². The lowest BCUT2D eigenvalue weighted by atomic mass is 9.89. The van der Waals surface area contributed by atoms with Gasteiger partial charge in [-0.3, -0.25) is 24.0 Å². The Hall–Kier alpha value is -5.48. The van der Waals surface area contributed by atoms with Crippen LogP contribution in [0, 0.1) is 0 Å². The van der Waals surface area contributed by atoms with Crippen molar-refractivity contribution in [2.24, 2.45) is 0 Å². The van der Waals surface area contributed by atoms with Crippen molar-refractivity contribution >= 4 is 40.9 Å². The van der Waals surface area contributed by atoms with Gasteiger partial charge in [-0.05, 0) is 56.9 Å². The first kappa shape index (κ1) is 38.3. The highest BCUT2D eigenvalue weighted by molar-refractivity contribution is 5.86. The van der Waals surface area contributed by atoms with Crippen LogP contribution in [0.2, 0.25) is 0 Å². The first-order valence-electron chi connectivity index (χ1n) is 15.9. The van der Waals surface area contributed by atoms with Gasteiger partial charge < -0.3 is 48.2 Å². The van der Waals surface area contributed by atoms with E-state index in [4.69, 9.17) is 32.8 Å². The molecule has 2 aromatic carbocycles. The zero-order valence-electron chi connectivity index (χ0n) is 29.0. The maximum Gasteiger partial charge on any atom is 0.412 e. The predicted octanol–water partition coefficient (Wildman–Crippen LogP) is 3.00. The number of phenolic OH excluding ortho intramolecular Hbond substituents is 1. The number of esters is 4. The maximum absolute atomic E-state index is 13.9. The molecule has 0 bridgehead atoms. The lowest BCUT2D eigenvalue weighted by Crippen LogP contribution is -2.59. The number of carbonyl (C=O) groups excluding carboxylic acids is 5. The molecule has 2 N–H and O–H groups in total. The summed E-state index contributed by atoms with van der Waals surface area (Å²) in [4.78, 5) is 76.5. The summed E-state index contributed by atoms with van der Waals surface area (Å²) in [6.07, 6.45) is -6.03. The molecule has 0 unspecified atom stereocenters. The van der Waals surface area contributed by atoms with Crippen LogP contribution in [0.4, 0.5) is 4.79 Å². The molecule has 3 aromatic rings. The van der Waals surface area contributed by atoms with E-state index in [2.05, 4.69) is 5.32 Å². The summed E-state index contributed by atoms with van der Waals surface area (Å²) < 4.78 is 39.1. The minimum absolute atomic E-state index is 0.00872. The van der Waals surface area contributed by atoms with Gasteiger partial charge in [-0.2, -0.15) is 0 Å².